The second-order valence-corrected chi connectivity index (χ2v) is 3.69. The molecule has 2 rings (SSSR count). The van der Waals surface area contributed by atoms with Crippen molar-refractivity contribution >= 4 is 5.69 Å². The Morgan fingerprint density at radius 3 is 2.38 bits per heavy atom. The standard InChI is InChI=1S/C14H15NO/c1-15-14-7-5-12(6-8-14)13-4-2-3-11(9-13)10-16/h2-9,15-16H,10H2,1H3. The molecule has 2 nitrogen and oxygen atoms in total. The third-order valence-corrected chi connectivity index (χ3v) is 2.62. The number of benzene rings is 2. The monoisotopic (exact) mass is 213 g/mol. The van der Waals surface area contributed by atoms with E-state index < -0.39 is 0 Å². The van der Waals surface area contributed by atoms with Crippen LogP contribution in [0.3, 0.4) is 0 Å². The van der Waals surface area contributed by atoms with E-state index in [2.05, 4.69) is 17.4 Å². The van der Waals surface area contributed by atoms with Crippen LogP contribution in [-0.4, -0.2) is 12.2 Å². The van der Waals surface area contributed by atoms with E-state index in [4.69, 9.17) is 5.11 Å². The summed E-state index contributed by atoms with van der Waals surface area (Å²) in [4.78, 5) is 0. The molecule has 0 aliphatic carbocycles. The van der Waals surface area contributed by atoms with Crippen LogP contribution in [-0.2, 0) is 6.61 Å². The van der Waals surface area contributed by atoms with E-state index in [0.717, 1.165) is 22.4 Å². The smallest absolute Gasteiger partial charge is 0.0682 e. The number of rotatable bonds is 3. The largest absolute Gasteiger partial charge is 0.392 e. The van der Waals surface area contributed by atoms with Crippen LogP contribution in [0.4, 0.5) is 5.69 Å². The van der Waals surface area contributed by atoms with Crippen LogP contribution in [0, 0.1) is 0 Å². The molecule has 0 amide bonds. The van der Waals surface area contributed by atoms with Gasteiger partial charge >= 0.3 is 0 Å². The average Bonchev–Trinajstić information content (AvgIpc) is 2.39. The van der Waals surface area contributed by atoms with Gasteiger partial charge in [-0.05, 0) is 34.9 Å². The minimum absolute atomic E-state index is 0.0858. The van der Waals surface area contributed by atoms with Gasteiger partial charge in [-0.2, -0.15) is 0 Å². The van der Waals surface area contributed by atoms with E-state index in [-0.39, 0.29) is 6.61 Å². The summed E-state index contributed by atoms with van der Waals surface area (Å²) in [5.41, 5.74) is 4.33. The number of nitrogens with one attached hydrogen (secondary N) is 1. The Kier molecular flexibility index (Phi) is 3.22. The summed E-state index contributed by atoms with van der Waals surface area (Å²) in [7, 11) is 1.90. The number of hydrogen-bond donors (Lipinski definition) is 2. The molecule has 0 aromatic heterocycles. The summed E-state index contributed by atoms with van der Waals surface area (Å²) < 4.78 is 0. The fraction of sp³-hybridized carbons (Fsp3) is 0.143. The molecule has 0 spiro atoms. The summed E-state index contributed by atoms with van der Waals surface area (Å²) >= 11 is 0. The van der Waals surface area contributed by atoms with Crippen molar-refractivity contribution < 1.29 is 5.11 Å². The molecular weight excluding hydrogens is 198 g/mol. The first-order valence-corrected chi connectivity index (χ1v) is 5.31. The maximum Gasteiger partial charge on any atom is 0.0682 e. The third kappa shape index (κ3) is 2.23. The van der Waals surface area contributed by atoms with Gasteiger partial charge < -0.3 is 10.4 Å². The predicted octanol–water partition coefficient (Wildman–Crippen LogP) is 2.89. The van der Waals surface area contributed by atoms with Crippen molar-refractivity contribution in [1.82, 2.24) is 0 Å². The van der Waals surface area contributed by atoms with E-state index in [1.807, 2.05) is 43.4 Å². The molecule has 0 radical (unpaired) electrons. The number of hydrogen-bond acceptors (Lipinski definition) is 2. The highest BCUT2D eigenvalue weighted by Gasteiger charge is 1.98. The summed E-state index contributed by atoms with van der Waals surface area (Å²) in [5, 5.41) is 12.2. The van der Waals surface area contributed by atoms with Crippen molar-refractivity contribution in [3.8, 4) is 11.1 Å². The highest BCUT2D eigenvalue weighted by molar-refractivity contribution is 5.66. The van der Waals surface area contributed by atoms with Gasteiger partial charge in [0.25, 0.3) is 0 Å². The molecule has 2 aromatic carbocycles. The van der Waals surface area contributed by atoms with Crippen molar-refractivity contribution in [2.24, 2.45) is 0 Å². The topological polar surface area (TPSA) is 32.3 Å². The summed E-state index contributed by atoms with van der Waals surface area (Å²) in [6, 6.07) is 16.2. The van der Waals surface area contributed by atoms with Crippen molar-refractivity contribution in [2.75, 3.05) is 12.4 Å². The molecule has 0 atom stereocenters. The molecule has 0 aliphatic rings. The van der Waals surface area contributed by atoms with E-state index in [1.165, 1.54) is 0 Å². The van der Waals surface area contributed by atoms with Gasteiger partial charge in [-0.1, -0.05) is 30.3 Å². The van der Waals surface area contributed by atoms with Gasteiger partial charge in [0.15, 0.2) is 0 Å². The maximum absolute atomic E-state index is 9.08. The molecule has 2 heteroatoms. The molecular formula is C14H15NO. The fourth-order valence-electron chi connectivity index (χ4n) is 1.68. The minimum Gasteiger partial charge on any atom is -0.392 e. The number of aliphatic hydroxyl groups is 1. The van der Waals surface area contributed by atoms with Crippen LogP contribution in [0.1, 0.15) is 5.56 Å². The van der Waals surface area contributed by atoms with E-state index >= 15 is 0 Å². The molecule has 0 aliphatic heterocycles. The van der Waals surface area contributed by atoms with Gasteiger partial charge in [0.05, 0.1) is 6.61 Å². The molecule has 82 valence electrons. The zero-order valence-electron chi connectivity index (χ0n) is 9.27. The lowest BCUT2D eigenvalue weighted by atomic mass is 10.0. The number of aliphatic hydroxyl groups excluding tert-OH is 1. The Balaban J connectivity index is 2.34. The second-order valence-electron chi connectivity index (χ2n) is 3.69. The van der Waals surface area contributed by atoms with Crippen molar-refractivity contribution in [1.29, 1.82) is 0 Å². The van der Waals surface area contributed by atoms with Gasteiger partial charge in [-0.15, -0.1) is 0 Å². The highest BCUT2D eigenvalue weighted by Crippen LogP contribution is 2.22. The quantitative estimate of drug-likeness (QED) is 0.821. The predicted molar refractivity (Wildman–Crippen MR) is 67.3 cm³/mol. The summed E-state index contributed by atoms with van der Waals surface area (Å²) in [6.45, 7) is 0.0858. The molecule has 0 saturated carbocycles. The molecule has 0 bridgehead atoms. The normalized spacial score (nSPS) is 10.1. The summed E-state index contributed by atoms with van der Waals surface area (Å²) in [5.74, 6) is 0. The van der Waals surface area contributed by atoms with E-state index in [0.29, 0.717) is 0 Å². The molecule has 2 N–H and O–H groups in total. The molecule has 0 fully saturated rings. The first-order valence-electron chi connectivity index (χ1n) is 5.31. The van der Waals surface area contributed by atoms with Gasteiger partial charge in [-0.25, -0.2) is 0 Å². The lowest BCUT2D eigenvalue weighted by molar-refractivity contribution is 0.282. The Morgan fingerprint density at radius 1 is 1.00 bits per heavy atom. The SMILES string of the molecule is CNc1ccc(-c2cccc(CO)c2)cc1. The van der Waals surface area contributed by atoms with Gasteiger partial charge in [0.2, 0.25) is 0 Å². The lowest BCUT2D eigenvalue weighted by Gasteiger charge is -2.05. The second kappa shape index (κ2) is 4.81. The Hall–Kier alpha value is -1.80. The fourth-order valence-corrected chi connectivity index (χ4v) is 1.68. The van der Waals surface area contributed by atoms with Crippen LogP contribution in [0.25, 0.3) is 11.1 Å². The Morgan fingerprint density at radius 2 is 1.75 bits per heavy atom. The van der Waals surface area contributed by atoms with Crippen molar-refractivity contribution in [2.45, 2.75) is 6.61 Å². The maximum atomic E-state index is 9.08. The van der Waals surface area contributed by atoms with Gasteiger partial charge in [0.1, 0.15) is 0 Å². The molecule has 0 unspecified atom stereocenters. The van der Waals surface area contributed by atoms with E-state index in [9.17, 15) is 0 Å². The van der Waals surface area contributed by atoms with Crippen LogP contribution in [0.15, 0.2) is 48.5 Å². The van der Waals surface area contributed by atoms with Crippen LogP contribution >= 0.6 is 0 Å². The molecule has 0 heterocycles. The van der Waals surface area contributed by atoms with Crippen LogP contribution < -0.4 is 5.32 Å². The van der Waals surface area contributed by atoms with Gasteiger partial charge in [0, 0.05) is 12.7 Å². The zero-order valence-corrected chi connectivity index (χ0v) is 9.27. The van der Waals surface area contributed by atoms with E-state index in [1.54, 1.807) is 0 Å². The zero-order chi connectivity index (χ0) is 11.4. The Labute approximate surface area is 95.6 Å². The molecule has 2 aromatic rings. The molecule has 0 saturated heterocycles. The van der Waals surface area contributed by atoms with Gasteiger partial charge in [-0.3, -0.25) is 0 Å². The van der Waals surface area contributed by atoms with Crippen LogP contribution in [0.2, 0.25) is 0 Å². The molecule has 16 heavy (non-hydrogen) atoms. The lowest BCUT2D eigenvalue weighted by Crippen LogP contribution is -1.88. The third-order valence-electron chi connectivity index (χ3n) is 2.62. The number of anilines is 1. The first kappa shape index (κ1) is 10.7. The minimum atomic E-state index is 0.0858. The van der Waals surface area contributed by atoms with Crippen LogP contribution in [0.5, 0.6) is 0 Å². The Bertz CT molecular complexity index is 462. The van der Waals surface area contributed by atoms with Crippen molar-refractivity contribution in [3.05, 3.63) is 54.1 Å². The van der Waals surface area contributed by atoms with Crippen molar-refractivity contribution in [3.63, 3.8) is 0 Å². The summed E-state index contributed by atoms with van der Waals surface area (Å²) in [6.07, 6.45) is 0. The average molecular weight is 213 g/mol. The first-order chi connectivity index (χ1) is 7.83. The highest BCUT2D eigenvalue weighted by atomic mass is 16.3.